The molecule has 1 aromatic rings. The van der Waals surface area contributed by atoms with E-state index in [0.717, 1.165) is 30.5 Å². The van der Waals surface area contributed by atoms with Crippen LogP contribution in [0.1, 0.15) is 44.2 Å². The molecule has 1 heterocycles. The second-order valence-corrected chi connectivity index (χ2v) is 6.81. The predicted molar refractivity (Wildman–Crippen MR) is 90.0 cm³/mol. The van der Waals surface area contributed by atoms with Gasteiger partial charge in [-0.15, -0.1) is 0 Å². The second-order valence-electron chi connectivity index (χ2n) is 5.96. The van der Waals surface area contributed by atoms with Crippen LogP contribution in [0.3, 0.4) is 0 Å². The molecule has 1 aliphatic rings. The molecule has 21 heavy (non-hydrogen) atoms. The summed E-state index contributed by atoms with van der Waals surface area (Å²) in [6, 6.07) is 5.52. The molecule has 1 aromatic carbocycles. The van der Waals surface area contributed by atoms with Crippen LogP contribution in [0.15, 0.2) is 22.7 Å². The number of nitrogens with zero attached hydrogens (tertiary/aromatic N) is 1. The van der Waals surface area contributed by atoms with Gasteiger partial charge in [-0.25, -0.2) is 4.39 Å². The molecule has 118 valence electrons. The first kappa shape index (κ1) is 16.9. The Hall–Kier alpha value is -0.450. The minimum Gasteiger partial charge on any atom is -0.319 e. The fraction of sp³-hybridized carbons (Fsp3) is 0.647. The standard InChI is InChI=1S/C17H26BrFN2/c1-3-9-21-10-5-4-6-13(12-20-2)17(21)15-8-7-14(19)11-16(15)18/h7-8,11,13,17,20H,3-6,9-10,12H2,1-2H3. The summed E-state index contributed by atoms with van der Waals surface area (Å²) in [6.45, 7) is 5.49. The molecule has 4 heteroatoms. The van der Waals surface area contributed by atoms with Crippen molar-refractivity contribution in [1.29, 1.82) is 0 Å². The summed E-state index contributed by atoms with van der Waals surface area (Å²) in [4.78, 5) is 2.59. The van der Waals surface area contributed by atoms with Gasteiger partial charge in [0, 0.05) is 10.5 Å². The lowest BCUT2D eigenvalue weighted by molar-refractivity contribution is 0.154. The van der Waals surface area contributed by atoms with Crippen molar-refractivity contribution in [3.63, 3.8) is 0 Å². The molecule has 2 rings (SSSR count). The molecule has 1 N–H and O–H groups in total. The lowest BCUT2D eigenvalue weighted by Gasteiger charge is -2.36. The number of likely N-dealkylation sites (tertiary alicyclic amines) is 1. The van der Waals surface area contributed by atoms with Gasteiger partial charge in [-0.3, -0.25) is 4.90 Å². The number of nitrogens with one attached hydrogen (secondary N) is 1. The fourth-order valence-corrected chi connectivity index (χ4v) is 4.11. The Bertz CT molecular complexity index is 436. The van der Waals surface area contributed by atoms with Gasteiger partial charge < -0.3 is 5.32 Å². The van der Waals surface area contributed by atoms with Crippen molar-refractivity contribution >= 4 is 15.9 Å². The summed E-state index contributed by atoms with van der Waals surface area (Å²) in [5.74, 6) is 0.400. The molecule has 0 bridgehead atoms. The second kappa shape index (κ2) is 8.25. The van der Waals surface area contributed by atoms with Crippen LogP contribution in [-0.4, -0.2) is 31.6 Å². The van der Waals surface area contributed by atoms with Crippen molar-refractivity contribution in [2.75, 3.05) is 26.7 Å². The third kappa shape index (κ3) is 4.27. The highest BCUT2D eigenvalue weighted by atomic mass is 79.9. The molecule has 2 nitrogen and oxygen atoms in total. The van der Waals surface area contributed by atoms with E-state index in [1.165, 1.54) is 24.8 Å². The van der Waals surface area contributed by atoms with Gasteiger partial charge >= 0.3 is 0 Å². The molecular formula is C17H26BrFN2. The molecule has 1 aliphatic heterocycles. The quantitative estimate of drug-likeness (QED) is 0.842. The number of benzene rings is 1. The highest BCUT2D eigenvalue weighted by Gasteiger charge is 2.31. The molecular weight excluding hydrogens is 331 g/mol. The van der Waals surface area contributed by atoms with Crippen molar-refractivity contribution in [3.8, 4) is 0 Å². The zero-order chi connectivity index (χ0) is 15.2. The normalized spacial score (nSPS) is 24.0. The van der Waals surface area contributed by atoms with Gasteiger partial charge in [-0.1, -0.05) is 35.3 Å². The van der Waals surface area contributed by atoms with Gasteiger partial charge in [0.15, 0.2) is 0 Å². The van der Waals surface area contributed by atoms with E-state index >= 15 is 0 Å². The number of hydrogen-bond acceptors (Lipinski definition) is 2. The highest BCUT2D eigenvalue weighted by molar-refractivity contribution is 9.10. The number of halogens is 2. The monoisotopic (exact) mass is 356 g/mol. The summed E-state index contributed by atoms with van der Waals surface area (Å²) in [5, 5.41) is 3.34. The minimum absolute atomic E-state index is 0.175. The van der Waals surface area contributed by atoms with E-state index in [4.69, 9.17) is 0 Å². The summed E-state index contributed by atoms with van der Waals surface area (Å²) < 4.78 is 14.3. The third-order valence-corrected chi connectivity index (χ3v) is 5.06. The highest BCUT2D eigenvalue weighted by Crippen LogP contribution is 2.38. The fourth-order valence-electron chi connectivity index (χ4n) is 3.52. The van der Waals surface area contributed by atoms with Gasteiger partial charge in [0.2, 0.25) is 0 Å². The van der Waals surface area contributed by atoms with E-state index in [9.17, 15) is 4.39 Å². The van der Waals surface area contributed by atoms with Crippen molar-refractivity contribution in [1.82, 2.24) is 10.2 Å². The SMILES string of the molecule is CCCN1CCCCC(CNC)C1c1ccc(F)cc1Br. The summed E-state index contributed by atoms with van der Waals surface area (Å²) in [7, 11) is 2.02. The van der Waals surface area contributed by atoms with E-state index in [1.54, 1.807) is 12.1 Å². The maximum atomic E-state index is 13.4. The molecule has 0 saturated carbocycles. The van der Waals surface area contributed by atoms with E-state index in [1.807, 2.05) is 13.1 Å². The van der Waals surface area contributed by atoms with E-state index in [2.05, 4.69) is 33.1 Å². The Kier molecular flexibility index (Phi) is 6.65. The molecule has 0 amide bonds. The Morgan fingerprint density at radius 1 is 1.38 bits per heavy atom. The van der Waals surface area contributed by atoms with Crippen LogP contribution < -0.4 is 5.32 Å². The minimum atomic E-state index is -0.175. The van der Waals surface area contributed by atoms with Crippen LogP contribution in [0.4, 0.5) is 4.39 Å². The van der Waals surface area contributed by atoms with Crippen LogP contribution in [0.25, 0.3) is 0 Å². The van der Waals surface area contributed by atoms with Crippen LogP contribution in [0.2, 0.25) is 0 Å². The van der Waals surface area contributed by atoms with E-state index < -0.39 is 0 Å². The van der Waals surface area contributed by atoms with Crippen molar-refractivity contribution in [2.45, 2.75) is 38.6 Å². The van der Waals surface area contributed by atoms with Gasteiger partial charge in [-0.2, -0.15) is 0 Å². The summed E-state index contributed by atoms with van der Waals surface area (Å²) >= 11 is 3.58. The molecule has 0 radical (unpaired) electrons. The van der Waals surface area contributed by atoms with Gasteiger partial charge in [-0.05, 0) is 69.6 Å². The topological polar surface area (TPSA) is 15.3 Å². The summed E-state index contributed by atoms with van der Waals surface area (Å²) in [5.41, 5.74) is 1.23. The maximum Gasteiger partial charge on any atom is 0.124 e. The average Bonchev–Trinajstić information content (AvgIpc) is 2.63. The van der Waals surface area contributed by atoms with E-state index in [0.29, 0.717) is 12.0 Å². The third-order valence-electron chi connectivity index (χ3n) is 4.37. The van der Waals surface area contributed by atoms with E-state index in [-0.39, 0.29) is 5.82 Å². The smallest absolute Gasteiger partial charge is 0.124 e. The lowest BCUT2D eigenvalue weighted by Crippen LogP contribution is -2.37. The van der Waals surface area contributed by atoms with Crippen LogP contribution in [0.5, 0.6) is 0 Å². The largest absolute Gasteiger partial charge is 0.319 e. The maximum absolute atomic E-state index is 13.4. The first-order valence-electron chi connectivity index (χ1n) is 8.01. The lowest BCUT2D eigenvalue weighted by atomic mass is 9.89. The van der Waals surface area contributed by atoms with Crippen LogP contribution >= 0.6 is 15.9 Å². The first-order valence-corrected chi connectivity index (χ1v) is 8.80. The molecule has 1 fully saturated rings. The zero-order valence-corrected chi connectivity index (χ0v) is 14.6. The van der Waals surface area contributed by atoms with Gasteiger partial charge in [0.25, 0.3) is 0 Å². The predicted octanol–water partition coefficient (Wildman–Crippen LogP) is 4.36. The molecule has 0 aliphatic carbocycles. The molecule has 2 atom stereocenters. The zero-order valence-electron chi connectivity index (χ0n) is 13.0. The van der Waals surface area contributed by atoms with Gasteiger partial charge in [0.05, 0.1) is 0 Å². The van der Waals surface area contributed by atoms with Crippen molar-refractivity contribution < 1.29 is 4.39 Å². The van der Waals surface area contributed by atoms with Crippen molar-refractivity contribution in [3.05, 3.63) is 34.1 Å². The van der Waals surface area contributed by atoms with Crippen LogP contribution in [0, 0.1) is 11.7 Å². The average molecular weight is 357 g/mol. The van der Waals surface area contributed by atoms with Gasteiger partial charge in [0.1, 0.15) is 5.82 Å². The Morgan fingerprint density at radius 3 is 2.86 bits per heavy atom. The molecule has 2 unspecified atom stereocenters. The Morgan fingerprint density at radius 2 is 2.19 bits per heavy atom. The molecule has 0 spiro atoms. The first-order chi connectivity index (χ1) is 10.2. The van der Waals surface area contributed by atoms with Crippen molar-refractivity contribution in [2.24, 2.45) is 5.92 Å². The summed E-state index contributed by atoms with van der Waals surface area (Å²) in [6.07, 6.45) is 4.93. The molecule has 1 saturated heterocycles. The van der Waals surface area contributed by atoms with Crippen LogP contribution in [-0.2, 0) is 0 Å². The Balaban J connectivity index is 2.37. The number of rotatable bonds is 5. The Labute approximate surface area is 136 Å². The molecule has 0 aromatic heterocycles. The number of hydrogen-bond donors (Lipinski definition) is 1.